The summed E-state index contributed by atoms with van der Waals surface area (Å²) in [6.45, 7) is 6.96. The third-order valence-corrected chi connectivity index (χ3v) is 1.11. The van der Waals surface area contributed by atoms with Gasteiger partial charge >= 0.3 is 0 Å². The number of rotatable bonds is 4. The molecule has 0 unspecified atom stereocenters. The largest absolute Gasteiger partial charge is 0.495 e. The number of aliphatic hydroxyl groups is 1. The average molecular weight is 143 g/mol. The van der Waals surface area contributed by atoms with Crippen LogP contribution in [-0.2, 0) is 4.79 Å². The first-order chi connectivity index (χ1) is 4.54. The molecule has 2 N–H and O–H groups in total. The lowest BCUT2D eigenvalue weighted by atomic mass is 10.1. The van der Waals surface area contributed by atoms with Gasteiger partial charge in [-0.05, 0) is 6.58 Å². The fourth-order valence-electron chi connectivity index (χ4n) is 0.393. The van der Waals surface area contributed by atoms with E-state index in [1.165, 1.54) is 0 Å². The molecule has 0 bridgehead atoms. The number of nitrogens with one attached hydrogen (secondary N) is 1. The molecule has 0 rings (SSSR count). The van der Waals surface area contributed by atoms with E-state index in [1.54, 1.807) is 0 Å². The van der Waals surface area contributed by atoms with Crippen LogP contribution in [-0.4, -0.2) is 17.4 Å². The quantitative estimate of drug-likeness (QED) is 0.573. The first kappa shape index (κ1) is 9.01. The molecule has 0 heterocycles. The maximum Gasteiger partial charge on any atom is 0.176 e. The lowest BCUT2D eigenvalue weighted by Gasteiger charge is -2.04. The molecule has 0 fully saturated rings. The number of hydrogen-bond acceptors (Lipinski definition) is 3. The van der Waals surface area contributed by atoms with Crippen LogP contribution in [0.2, 0.25) is 0 Å². The Morgan fingerprint density at radius 2 is 2.20 bits per heavy atom. The van der Waals surface area contributed by atoms with Gasteiger partial charge in [0.1, 0.15) is 0 Å². The van der Waals surface area contributed by atoms with E-state index < -0.39 is 0 Å². The van der Waals surface area contributed by atoms with Crippen molar-refractivity contribution in [3.05, 3.63) is 12.5 Å². The highest BCUT2D eigenvalue weighted by atomic mass is 16.3. The second kappa shape index (κ2) is 3.93. The van der Waals surface area contributed by atoms with Crippen LogP contribution in [0.5, 0.6) is 0 Å². The summed E-state index contributed by atoms with van der Waals surface area (Å²) in [5.74, 6) is -0.0870. The highest BCUT2D eigenvalue weighted by molar-refractivity contribution is 5.82. The monoisotopic (exact) mass is 143 g/mol. The van der Waals surface area contributed by atoms with E-state index in [4.69, 9.17) is 5.11 Å². The molecule has 0 saturated carbocycles. The number of Topliss-reactive ketones (excluding diaryl/α,β-unsaturated/α-hetero) is 1. The van der Waals surface area contributed by atoms with E-state index in [2.05, 4.69) is 11.9 Å². The van der Waals surface area contributed by atoms with E-state index in [0.29, 0.717) is 0 Å². The molecule has 0 aliphatic carbocycles. The van der Waals surface area contributed by atoms with Crippen LogP contribution >= 0.6 is 0 Å². The molecule has 0 aliphatic heterocycles. The van der Waals surface area contributed by atoms with Crippen LogP contribution in [0.25, 0.3) is 0 Å². The maximum absolute atomic E-state index is 10.8. The summed E-state index contributed by atoms with van der Waals surface area (Å²) in [5.41, 5.74) is 0. The van der Waals surface area contributed by atoms with Crippen LogP contribution in [0.3, 0.4) is 0 Å². The highest BCUT2D eigenvalue weighted by Gasteiger charge is 2.05. The van der Waals surface area contributed by atoms with Crippen molar-refractivity contribution in [1.82, 2.24) is 5.32 Å². The average Bonchev–Trinajstić information content (AvgIpc) is 1.82. The Hall–Kier alpha value is -0.990. The Labute approximate surface area is 60.7 Å². The van der Waals surface area contributed by atoms with Gasteiger partial charge in [-0.15, -0.1) is 0 Å². The van der Waals surface area contributed by atoms with Crippen molar-refractivity contribution in [2.45, 2.75) is 13.8 Å². The third kappa shape index (κ3) is 3.95. The first-order valence-corrected chi connectivity index (χ1v) is 3.18. The first-order valence-electron chi connectivity index (χ1n) is 3.18. The van der Waals surface area contributed by atoms with Crippen LogP contribution in [0.15, 0.2) is 12.5 Å². The molecule has 3 nitrogen and oxygen atoms in total. The number of ketones is 1. The minimum Gasteiger partial charge on any atom is -0.495 e. The molecule has 0 saturated heterocycles. The molecule has 0 radical (unpaired) electrons. The molecule has 0 spiro atoms. The number of carbonyl (C=O) groups excluding carboxylic acids is 1. The summed E-state index contributed by atoms with van der Waals surface area (Å²) in [6.07, 6.45) is 0. The molecule has 0 aromatic rings. The summed E-state index contributed by atoms with van der Waals surface area (Å²) in [7, 11) is 0. The molecule has 0 amide bonds. The van der Waals surface area contributed by atoms with Gasteiger partial charge in [-0.2, -0.15) is 0 Å². The zero-order chi connectivity index (χ0) is 8.15. The zero-order valence-electron chi connectivity index (χ0n) is 6.35. The molecule has 3 heteroatoms. The molecule has 10 heavy (non-hydrogen) atoms. The van der Waals surface area contributed by atoms with Gasteiger partial charge < -0.3 is 10.4 Å². The lowest BCUT2D eigenvalue weighted by molar-refractivity contribution is -0.121. The predicted molar refractivity (Wildman–Crippen MR) is 39.6 cm³/mol. The molecule has 0 atom stereocenters. The Morgan fingerprint density at radius 1 is 1.70 bits per heavy atom. The molecule has 0 aromatic carbocycles. The summed E-state index contributed by atoms with van der Waals surface area (Å²) in [4.78, 5) is 10.8. The normalized spacial score (nSPS) is 9.50. The third-order valence-electron chi connectivity index (χ3n) is 1.11. The Morgan fingerprint density at radius 3 is 2.50 bits per heavy atom. The highest BCUT2D eigenvalue weighted by Crippen LogP contribution is 1.92. The second-order valence-electron chi connectivity index (χ2n) is 2.42. The summed E-state index contributed by atoms with van der Waals surface area (Å²) in [6, 6.07) is 0. The fourth-order valence-corrected chi connectivity index (χ4v) is 0.393. The standard InChI is InChI=1S/C7H13NO2/c1-5(2)7(10)4-8-6(3)9/h5,8-9H,3-4H2,1-2H3. The minimum atomic E-state index is -0.158. The van der Waals surface area contributed by atoms with Crippen molar-refractivity contribution in [2.75, 3.05) is 6.54 Å². The van der Waals surface area contributed by atoms with Gasteiger partial charge in [0.05, 0.1) is 6.54 Å². The van der Waals surface area contributed by atoms with Gasteiger partial charge in [-0.3, -0.25) is 4.79 Å². The Balaban J connectivity index is 3.50. The maximum atomic E-state index is 10.8. The van der Waals surface area contributed by atoms with Crippen LogP contribution < -0.4 is 5.32 Å². The Kier molecular flexibility index (Phi) is 3.54. The van der Waals surface area contributed by atoms with E-state index >= 15 is 0 Å². The summed E-state index contributed by atoms with van der Waals surface area (Å²) >= 11 is 0. The molecular formula is C7H13NO2. The molecule has 0 aliphatic rings. The van der Waals surface area contributed by atoms with Gasteiger partial charge in [-0.1, -0.05) is 13.8 Å². The van der Waals surface area contributed by atoms with Crippen LogP contribution in [0.1, 0.15) is 13.8 Å². The lowest BCUT2D eigenvalue weighted by Crippen LogP contribution is -2.25. The van der Waals surface area contributed by atoms with E-state index in [9.17, 15) is 4.79 Å². The van der Waals surface area contributed by atoms with Gasteiger partial charge in [0.2, 0.25) is 0 Å². The van der Waals surface area contributed by atoms with Crippen LogP contribution in [0, 0.1) is 5.92 Å². The minimum absolute atomic E-state index is 0.00634. The molecule has 58 valence electrons. The van der Waals surface area contributed by atoms with Crippen molar-refractivity contribution in [3.63, 3.8) is 0 Å². The van der Waals surface area contributed by atoms with E-state index in [1.807, 2.05) is 13.8 Å². The zero-order valence-corrected chi connectivity index (χ0v) is 6.35. The van der Waals surface area contributed by atoms with Gasteiger partial charge in [-0.25, -0.2) is 0 Å². The van der Waals surface area contributed by atoms with E-state index in [-0.39, 0.29) is 24.1 Å². The molecular weight excluding hydrogens is 130 g/mol. The van der Waals surface area contributed by atoms with Crippen molar-refractivity contribution in [2.24, 2.45) is 5.92 Å². The van der Waals surface area contributed by atoms with Crippen LogP contribution in [0.4, 0.5) is 0 Å². The van der Waals surface area contributed by atoms with Crippen molar-refractivity contribution in [3.8, 4) is 0 Å². The van der Waals surface area contributed by atoms with Crippen molar-refractivity contribution >= 4 is 5.78 Å². The van der Waals surface area contributed by atoms with Gasteiger partial charge in [0, 0.05) is 5.92 Å². The smallest absolute Gasteiger partial charge is 0.176 e. The second-order valence-corrected chi connectivity index (χ2v) is 2.42. The number of aliphatic hydroxyl groups excluding tert-OH is 1. The van der Waals surface area contributed by atoms with E-state index in [0.717, 1.165) is 0 Å². The SMILES string of the molecule is C=C(O)NCC(=O)C(C)C. The topological polar surface area (TPSA) is 49.3 Å². The summed E-state index contributed by atoms with van der Waals surface area (Å²) in [5, 5.41) is 11.0. The van der Waals surface area contributed by atoms with Gasteiger partial charge in [0.25, 0.3) is 0 Å². The van der Waals surface area contributed by atoms with Crippen molar-refractivity contribution in [1.29, 1.82) is 0 Å². The number of hydrogen-bond donors (Lipinski definition) is 2. The van der Waals surface area contributed by atoms with Crippen molar-refractivity contribution < 1.29 is 9.90 Å². The number of carbonyl (C=O) groups is 1. The predicted octanol–water partition coefficient (Wildman–Crippen LogP) is 0.830. The Bertz CT molecular complexity index is 141. The van der Waals surface area contributed by atoms with Gasteiger partial charge in [0.15, 0.2) is 11.7 Å². The fraction of sp³-hybridized carbons (Fsp3) is 0.571. The molecule has 0 aromatic heterocycles. The summed E-state index contributed by atoms with van der Waals surface area (Å²) < 4.78 is 0.